The molecule has 2 aliphatic rings. The van der Waals surface area contributed by atoms with E-state index >= 15 is 0 Å². The maximum Gasteiger partial charge on any atom is 0.261 e. The molecule has 0 N–H and O–H groups in total. The molecule has 0 aromatic heterocycles. The van der Waals surface area contributed by atoms with Crippen molar-refractivity contribution in [3.05, 3.63) is 65.2 Å². The maximum absolute atomic E-state index is 12.5. The molecule has 3 heteroatoms. The van der Waals surface area contributed by atoms with Crippen LogP contribution in [0.1, 0.15) is 40.7 Å². The van der Waals surface area contributed by atoms with Gasteiger partial charge >= 0.3 is 0 Å². The van der Waals surface area contributed by atoms with Crippen molar-refractivity contribution >= 4 is 11.6 Å². The van der Waals surface area contributed by atoms with Crippen LogP contribution in [-0.2, 0) is 4.74 Å². The fraction of sp³-hybridized carbons (Fsp3) is 0.188. The zero-order valence-electron chi connectivity index (χ0n) is 10.5. The van der Waals surface area contributed by atoms with E-state index in [-0.39, 0.29) is 18.2 Å². The molecule has 0 radical (unpaired) electrons. The van der Waals surface area contributed by atoms with Crippen molar-refractivity contribution in [3.63, 3.8) is 0 Å². The topological polar surface area (TPSA) is 29.5 Å². The molecule has 0 bridgehead atoms. The molecule has 3 nitrogen and oxygen atoms in total. The summed E-state index contributed by atoms with van der Waals surface area (Å²) < 4.78 is 6.04. The first-order chi connectivity index (χ1) is 9.27. The Hall–Kier alpha value is -2.13. The van der Waals surface area contributed by atoms with Crippen LogP contribution in [0.25, 0.3) is 0 Å². The van der Waals surface area contributed by atoms with Crippen LogP contribution in [0.5, 0.6) is 0 Å². The van der Waals surface area contributed by atoms with Crippen LogP contribution >= 0.6 is 0 Å². The van der Waals surface area contributed by atoms with Crippen LogP contribution < -0.4 is 4.90 Å². The number of ether oxygens (including phenoxy) is 1. The van der Waals surface area contributed by atoms with Crippen LogP contribution in [0.15, 0.2) is 48.5 Å². The van der Waals surface area contributed by atoms with Crippen molar-refractivity contribution in [1.29, 1.82) is 0 Å². The Morgan fingerprint density at radius 3 is 2.53 bits per heavy atom. The Labute approximate surface area is 111 Å². The number of benzene rings is 2. The van der Waals surface area contributed by atoms with Gasteiger partial charge in [-0.3, -0.25) is 9.69 Å². The third-order valence-corrected chi connectivity index (χ3v) is 3.88. The SMILES string of the molecule is C[C@H]1O[C@H]2c3ccccc3C(=O)N2c2ccccc21. The number of hydrogen-bond acceptors (Lipinski definition) is 2. The van der Waals surface area contributed by atoms with E-state index in [4.69, 9.17) is 4.74 Å². The fourth-order valence-corrected chi connectivity index (χ4v) is 2.97. The molecule has 0 spiro atoms. The van der Waals surface area contributed by atoms with Crippen molar-refractivity contribution in [2.75, 3.05) is 4.90 Å². The molecule has 19 heavy (non-hydrogen) atoms. The van der Waals surface area contributed by atoms with Crippen molar-refractivity contribution < 1.29 is 9.53 Å². The van der Waals surface area contributed by atoms with E-state index in [0.717, 1.165) is 22.4 Å². The zero-order chi connectivity index (χ0) is 13.0. The van der Waals surface area contributed by atoms with E-state index in [0.29, 0.717) is 0 Å². The van der Waals surface area contributed by atoms with E-state index in [9.17, 15) is 4.79 Å². The van der Waals surface area contributed by atoms with E-state index in [1.54, 1.807) is 4.90 Å². The fourth-order valence-electron chi connectivity index (χ4n) is 2.97. The highest BCUT2D eigenvalue weighted by molar-refractivity contribution is 6.11. The van der Waals surface area contributed by atoms with Gasteiger partial charge in [0.25, 0.3) is 5.91 Å². The van der Waals surface area contributed by atoms with Crippen LogP contribution in [0, 0.1) is 0 Å². The summed E-state index contributed by atoms with van der Waals surface area (Å²) in [5.41, 5.74) is 3.75. The molecule has 0 saturated heterocycles. The number of carbonyl (C=O) groups excluding carboxylic acids is 1. The summed E-state index contributed by atoms with van der Waals surface area (Å²) in [5, 5.41) is 0. The van der Waals surface area contributed by atoms with Crippen LogP contribution in [0.3, 0.4) is 0 Å². The highest BCUT2D eigenvalue weighted by Crippen LogP contribution is 2.47. The molecular formula is C16H13NO2. The summed E-state index contributed by atoms with van der Waals surface area (Å²) in [6.45, 7) is 2.03. The highest BCUT2D eigenvalue weighted by atomic mass is 16.5. The normalized spacial score (nSPS) is 23.8. The monoisotopic (exact) mass is 251 g/mol. The van der Waals surface area contributed by atoms with E-state index in [1.807, 2.05) is 55.5 Å². The van der Waals surface area contributed by atoms with Gasteiger partial charge in [0, 0.05) is 16.7 Å². The molecular weight excluding hydrogens is 238 g/mol. The van der Waals surface area contributed by atoms with Gasteiger partial charge in [0.2, 0.25) is 0 Å². The van der Waals surface area contributed by atoms with Gasteiger partial charge in [-0.05, 0) is 19.1 Å². The van der Waals surface area contributed by atoms with Gasteiger partial charge in [-0.2, -0.15) is 0 Å². The Balaban J connectivity index is 1.95. The number of para-hydroxylation sites is 1. The van der Waals surface area contributed by atoms with Crippen molar-refractivity contribution in [2.24, 2.45) is 0 Å². The molecule has 0 unspecified atom stereocenters. The van der Waals surface area contributed by atoms with Gasteiger partial charge in [0.05, 0.1) is 11.8 Å². The van der Waals surface area contributed by atoms with Crippen molar-refractivity contribution in [1.82, 2.24) is 0 Å². The van der Waals surface area contributed by atoms with E-state index in [1.165, 1.54) is 0 Å². The molecule has 2 aliphatic heterocycles. The van der Waals surface area contributed by atoms with Gasteiger partial charge in [0.1, 0.15) is 0 Å². The van der Waals surface area contributed by atoms with Gasteiger partial charge in [0.15, 0.2) is 6.23 Å². The third-order valence-electron chi connectivity index (χ3n) is 3.88. The van der Waals surface area contributed by atoms with Gasteiger partial charge < -0.3 is 4.74 Å². The number of amides is 1. The van der Waals surface area contributed by atoms with Crippen LogP contribution in [0.2, 0.25) is 0 Å². The largest absolute Gasteiger partial charge is 0.346 e. The lowest BCUT2D eigenvalue weighted by Crippen LogP contribution is -2.34. The summed E-state index contributed by atoms with van der Waals surface area (Å²) in [6, 6.07) is 15.6. The molecule has 94 valence electrons. The molecule has 1 amide bonds. The number of anilines is 1. The first-order valence-corrected chi connectivity index (χ1v) is 6.44. The molecule has 2 aromatic carbocycles. The molecule has 2 heterocycles. The highest BCUT2D eigenvalue weighted by Gasteiger charge is 2.43. The lowest BCUT2D eigenvalue weighted by molar-refractivity contribution is -0.0102. The van der Waals surface area contributed by atoms with Crippen molar-refractivity contribution in [3.8, 4) is 0 Å². The maximum atomic E-state index is 12.5. The number of carbonyl (C=O) groups is 1. The first-order valence-electron chi connectivity index (χ1n) is 6.44. The first kappa shape index (κ1) is 10.8. The standard InChI is InChI=1S/C16H13NO2/c1-10-11-6-4-5-9-14(11)17-15(18)12-7-2-3-8-13(12)16(17)19-10/h2-10,16H,1H3/t10-,16+/m1/s1. The minimum Gasteiger partial charge on any atom is -0.346 e. The summed E-state index contributed by atoms with van der Waals surface area (Å²) in [7, 11) is 0. The van der Waals surface area contributed by atoms with Gasteiger partial charge in [-0.15, -0.1) is 0 Å². The van der Waals surface area contributed by atoms with Crippen molar-refractivity contribution in [2.45, 2.75) is 19.3 Å². The van der Waals surface area contributed by atoms with Gasteiger partial charge in [-0.25, -0.2) is 0 Å². The zero-order valence-corrected chi connectivity index (χ0v) is 10.5. The summed E-state index contributed by atoms with van der Waals surface area (Å²) in [4.78, 5) is 14.3. The molecule has 4 rings (SSSR count). The third kappa shape index (κ3) is 1.33. The predicted octanol–water partition coefficient (Wildman–Crippen LogP) is 3.44. The van der Waals surface area contributed by atoms with Crippen LogP contribution in [-0.4, -0.2) is 5.91 Å². The Kier molecular flexibility index (Phi) is 2.09. The molecule has 0 saturated carbocycles. The van der Waals surface area contributed by atoms with Crippen LogP contribution in [0.4, 0.5) is 5.69 Å². The average molecular weight is 251 g/mol. The molecule has 0 aliphatic carbocycles. The average Bonchev–Trinajstić information content (AvgIpc) is 2.73. The molecule has 0 fully saturated rings. The Bertz CT molecular complexity index is 680. The van der Waals surface area contributed by atoms with Gasteiger partial charge in [-0.1, -0.05) is 36.4 Å². The predicted molar refractivity (Wildman–Crippen MR) is 71.9 cm³/mol. The smallest absolute Gasteiger partial charge is 0.261 e. The summed E-state index contributed by atoms with van der Waals surface area (Å²) >= 11 is 0. The van der Waals surface area contributed by atoms with E-state index in [2.05, 4.69) is 0 Å². The molecule has 2 aromatic rings. The second-order valence-corrected chi connectivity index (χ2v) is 4.95. The lowest BCUT2D eigenvalue weighted by Gasteiger charge is -2.35. The summed E-state index contributed by atoms with van der Waals surface area (Å²) in [6.07, 6.45) is -0.287. The number of hydrogen-bond donors (Lipinski definition) is 0. The minimum absolute atomic E-state index is 0.00333. The van der Waals surface area contributed by atoms with E-state index < -0.39 is 0 Å². The number of rotatable bonds is 0. The second-order valence-electron chi connectivity index (χ2n) is 4.95. The Morgan fingerprint density at radius 1 is 1.00 bits per heavy atom. The number of fused-ring (bicyclic) bond motifs is 5. The lowest BCUT2D eigenvalue weighted by atomic mass is 10.0. The second kappa shape index (κ2) is 3.68. The number of nitrogens with zero attached hydrogens (tertiary/aromatic N) is 1. The quantitative estimate of drug-likeness (QED) is 0.717. The summed E-state index contributed by atoms with van der Waals surface area (Å²) in [5.74, 6) is 0.0277. The minimum atomic E-state index is -0.284. The Morgan fingerprint density at radius 2 is 1.68 bits per heavy atom. The molecule has 2 atom stereocenters.